The number of fused-ring (bicyclic) bond motifs is 1. The lowest BCUT2D eigenvalue weighted by Crippen LogP contribution is -2.00. The summed E-state index contributed by atoms with van der Waals surface area (Å²) in [6.07, 6.45) is 3.99. The molecule has 3 aromatic heterocycles. The number of carbonyl (C=O) groups is 1. The normalized spacial score (nSPS) is 11.0. The van der Waals surface area contributed by atoms with Gasteiger partial charge in [0.15, 0.2) is 11.9 Å². The van der Waals surface area contributed by atoms with Gasteiger partial charge < -0.3 is 0 Å². The Hall–Kier alpha value is -2.93. The van der Waals surface area contributed by atoms with E-state index in [4.69, 9.17) is 0 Å². The minimum atomic E-state index is -0.390. The van der Waals surface area contributed by atoms with Crippen LogP contribution in [-0.4, -0.2) is 25.9 Å². The molecule has 25 heavy (non-hydrogen) atoms. The molecule has 4 aromatic rings. The smallest absolute Gasteiger partial charge is 0.168 e. The number of nitrogens with zero attached hydrogens (tertiary/aromatic N) is 4. The van der Waals surface area contributed by atoms with E-state index in [9.17, 15) is 9.18 Å². The molecule has 0 unspecified atom stereocenters. The molecule has 0 spiro atoms. The molecule has 0 radical (unpaired) electrons. The van der Waals surface area contributed by atoms with E-state index in [1.54, 1.807) is 41.2 Å². The Balaban J connectivity index is 1.97. The molecule has 3 heterocycles. The third-order valence-electron chi connectivity index (χ3n) is 3.75. The molecule has 0 saturated heterocycles. The quantitative estimate of drug-likeness (QED) is 0.487. The predicted molar refractivity (Wildman–Crippen MR) is 94.7 cm³/mol. The van der Waals surface area contributed by atoms with Crippen LogP contribution in [0, 0.1) is 5.82 Å². The minimum absolute atomic E-state index is 0.280. The fraction of sp³-hybridized carbons (Fsp3) is 0. The highest BCUT2D eigenvalue weighted by Gasteiger charge is 2.14. The number of hydrogen-bond donors (Lipinski definition) is 0. The van der Waals surface area contributed by atoms with Crippen molar-refractivity contribution in [1.82, 2.24) is 19.6 Å². The van der Waals surface area contributed by atoms with Gasteiger partial charge in [-0.15, -0.1) is 0 Å². The first kappa shape index (κ1) is 15.6. The molecule has 0 atom stereocenters. The zero-order valence-electron chi connectivity index (χ0n) is 12.7. The van der Waals surface area contributed by atoms with Crippen LogP contribution in [0.1, 0.15) is 10.5 Å². The van der Waals surface area contributed by atoms with E-state index in [1.807, 2.05) is 12.1 Å². The van der Waals surface area contributed by atoms with Crippen LogP contribution in [0.25, 0.3) is 28.2 Å². The van der Waals surface area contributed by atoms with Gasteiger partial charge in [0, 0.05) is 34.1 Å². The zero-order chi connectivity index (χ0) is 17.4. The van der Waals surface area contributed by atoms with E-state index >= 15 is 0 Å². The summed E-state index contributed by atoms with van der Waals surface area (Å²) < 4.78 is 16.5. The number of pyridine rings is 1. The van der Waals surface area contributed by atoms with E-state index in [1.165, 1.54) is 6.07 Å². The van der Waals surface area contributed by atoms with Crippen molar-refractivity contribution in [2.75, 3.05) is 0 Å². The summed E-state index contributed by atoms with van der Waals surface area (Å²) in [4.78, 5) is 19.5. The molecule has 122 valence electrons. The van der Waals surface area contributed by atoms with E-state index in [0.29, 0.717) is 33.4 Å². The Morgan fingerprint density at radius 3 is 2.60 bits per heavy atom. The fourth-order valence-electron chi connectivity index (χ4n) is 2.61. The first-order valence-corrected chi connectivity index (χ1v) is 8.17. The van der Waals surface area contributed by atoms with Gasteiger partial charge in [0.05, 0.1) is 11.4 Å². The Bertz CT molecular complexity index is 1100. The Morgan fingerprint density at radius 2 is 1.88 bits per heavy atom. The van der Waals surface area contributed by atoms with Crippen LogP contribution in [0.3, 0.4) is 0 Å². The SMILES string of the molecule is O=Cc1cc(-c2ccncc2)n2nc(-c3ccc(Br)cc3F)cc2n1. The highest BCUT2D eigenvalue weighted by Crippen LogP contribution is 2.27. The molecule has 0 amide bonds. The van der Waals surface area contributed by atoms with Crippen LogP contribution in [-0.2, 0) is 0 Å². The minimum Gasteiger partial charge on any atom is -0.296 e. The average Bonchev–Trinajstić information content (AvgIpc) is 3.05. The average molecular weight is 397 g/mol. The molecule has 4 rings (SSSR count). The lowest BCUT2D eigenvalue weighted by Gasteiger charge is -2.05. The molecule has 0 N–H and O–H groups in total. The monoisotopic (exact) mass is 396 g/mol. The van der Waals surface area contributed by atoms with Crippen molar-refractivity contribution >= 4 is 27.9 Å². The van der Waals surface area contributed by atoms with Crippen molar-refractivity contribution in [3.8, 4) is 22.5 Å². The molecule has 0 aliphatic rings. The third kappa shape index (κ3) is 2.83. The van der Waals surface area contributed by atoms with E-state index < -0.39 is 0 Å². The van der Waals surface area contributed by atoms with Crippen molar-refractivity contribution in [2.45, 2.75) is 0 Å². The molecule has 7 heteroatoms. The summed E-state index contributed by atoms with van der Waals surface area (Å²) in [6.45, 7) is 0. The summed E-state index contributed by atoms with van der Waals surface area (Å²) >= 11 is 3.24. The van der Waals surface area contributed by atoms with E-state index in [-0.39, 0.29) is 11.5 Å². The van der Waals surface area contributed by atoms with Crippen molar-refractivity contribution < 1.29 is 9.18 Å². The lowest BCUT2D eigenvalue weighted by atomic mass is 10.1. The topological polar surface area (TPSA) is 60.2 Å². The number of carbonyl (C=O) groups excluding carboxylic acids is 1. The second kappa shape index (κ2) is 6.18. The largest absolute Gasteiger partial charge is 0.296 e. The van der Waals surface area contributed by atoms with Gasteiger partial charge in [-0.1, -0.05) is 15.9 Å². The van der Waals surface area contributed by atoms with Gasteiger partial charge in [-0.3, -0.25) is 9.78 Å². The van der Waals surface area contributed by atoms with Crippen molar-refractivity contribution in [3.05, 3.63) is 70.8 Å². The predicted octanol–water partition coefficient (Wildman–Crippen LogP) is 4.17. The van der Waals surface area contributed by atoms with E-state index in [0.717, 1.165) is 5.56 Å². The van der Waals surface area contributed by atoms with Crippen molar-refractivity contribution in [1.29, 1.82) is 0 Å². The number of aldehydes is 1. The van der Waals surface area contributed by atoms with Crippen LogP contribution in [0.15, 0.2) is 59.3 Å². The van der Waals surface area contributed by atoms with Crippen LogP contribution >= 0.6 is 15.9 Å². The molecular formula is C18H10BrFN4O. The van der Waals surface area contributed by atoms with Gasteiger partial charge in [-0.05, 0) is 36.4 Å². The van der Waals surface area contributed by atoms with Gasteiger partial charge in [0.2, 0.25) is 0 Å². The Labute approximate surface area is 150 Å². The summed E-state index contributed by atoms with van der Waals surface area (Å²) in [6, 6.07) is 11.7. The summed E-state index contributed by atoms with van der Waals surface area (Å²) in [5.74, 6) is -0.390. The standard InChI is InChI=1S/C18H10BrFN4O/c19-12-1-2-14(15(20)7-12)16-9-18-22-13(10-25)8-17(24(18)23-16)11-3-5-21-6-4-11/h1-10H. The highest BCUT2D eigenvalue weighted by atomic mass is 79.9. The molecule has 0 fully saturated rings. The lowest BCUT2D eigenvalue weighted by molar-refractivity contribution is 0.111. The van der Waals surface area contributed by atoms with Gasteiger partial charge in [0.1, 0.15) is 11.5 Å². The van der Waals surface area contributed by atoms with Gasteiger partial charge in [-0.2, -0.15) is 5.10 Å². The second-order valence-electron chi connectivity index (χ2n) is 5.34. The maximum absolute atomic E-state index is 14.3. The Kier molecular flexibility index (Phi) is 3.85. The fourth-order valence-corrected chi connectivity index (χ4v) is 2.94. The van der Waals surface area contributed by atoms with Gasteiger partial charge in [0.25, 0.3) is 0 Å². The maximum Gasteiger partial charge on any atom is 0.168 e. The van der Waals surface area contributed by atoms with Crippen LogP contribution in [0.5, 0.6) is 0 Å². The van der Waals surface area contributed by atoms with Crippen LogP contribution < -0.4 is 0 Å². The van der Waals surface area contributed by atoms with Crippen LogP contribution in [0.2, 0.25) is 0 Å². The third-order valence-corrected chi connectivity index (χ3v) is 4.24. The first-order chi connectivity index (χ1) is 12.2. The van der Waals surface area contributed by atoms with Crippen molar-refractivity contribution in [2.24, 2.45) is 0 Å². The van der Waals surface area contributed by atoms with Gasteiger partial charge >= 0.3 is 0 Å². The zero-order valence-corrected chi connectivity index (χ0v) is 14.3. The number of halogens is 2. The number of aromatic nitrogens is 4. The summed E-state index contributed by atoms with van der Waals surface area (Å²) in [7, 11) is 0. The number of rotatable bonds is 3. The number of benzene rings is 1. The van der Waals surface area contributed by atoms with E-state index in [2.05, 4.69) is 31.0 Å². The van der Waals surface area contributed by atoms with Crippen LogP contribution in [0.4, 0.5) is 4.39 Å². The molecule has 1 aromatic carbocycles. The molecule has 0 aliphatic heterocycles. The molecule has 5 nitrogen and oxygen atoms in total. The first-order valence-electron chi connectivity index (χ1n) is 7.37. The molecule has 0 saturated carbocycles. The maximum atomic E-state index is 14.3. The Morgan fingerprint density at radius 1 is 1.08 bits per heavy atom. The van der Waals surface area contributed by atoms with Crippen molar-refractivity contribution in [3.63, 3.8) is 0 Å². The highest BCUT2D eigenvalue weighted by molar-refractivity contribution is 9.10. The van der Waals surface area contributed by atoms with Gasteiger partial charge in [-0.25, -0.2) is 13.9 Å². The molecular weight excluding hydrogens is 387 g/mol. The summed E-state index contributed by atoms with van der Waals surface area (Å²) in [5, 5.41) is 4.49. The molecule has 0 bridgehead atoms. The summed E-state index contributed by atoms with van der Waals surface area (Å²) in [5.41, 5.74) is 3.06. The second-order valence-corrected chi connectivity index (χ2v) is 6.26. The molecule has 0 aliphatic carbocycles. The number of hydrogen-bond acceptors (Lipinski definition) is 4.